The number of benzene rings is 1. The van der Waals surface area contributed by atoms with Crippen LogP contribution in [0.1, 0.15) is 27.7 Å². The highest BCUT2D eigenvalue weighted by Crippen LogP contribution is 2.17. The minimum absolute atomic E-state index is 0.0205. The van der Waals surface area contributed by atoms with E-state index in [1.54, 1.807) is 53.9 Å². The lowest BCUT2D eigenvalue weighted by Crippen LogP contribution is -2.22. The summed E-state index contributed by atoms with van der Waals surface area (Å²) in [5.74, 6) is 0.336. The second-order valence-corrected chi connectivity index (χ2v) is 9.44. The van der Waals surface area contributed by atoms with Gasteiger partial charge in [0.05, 0.1) is 23.3 Å². The first-order chi connectivity index (χ1) is 15.3. The Morgan fingerprint density at radius 2 is 1.97 bits per heavy atom. The number of rotatable bonds is 7. The van der Waals surface area contributed by atoms with E-state index in [0.717, 1.165) is 4.47 Å². The molecule has 0 atom stereocenters. The topological polar surface area (TPSA) is 118 Å². The third-order valence-electron chi connectivity index (χ3n) is 4.50. The van der Waals surface area contributed by atoms with Gasteiger partial charge in [-0.25, -0.2) is 23.5 Å². The minimum Gasteiger partial charge on any atom is -0.459 e. The van der Waals surface area contributed by atoms with Crippen LogP contribution >= 0.6 is 15.9 Å². The number of pyridine rings is 1. The zero-order valence-corrected chi connectivity index (χ0v) is 19.2. The number of furan rings is 1. The summed E-state index contributed by atoms with van der Waals surface area (Å²) in [6.45, 7) is 1.72. The van der Waals surface area contributed by atoms with E-state index < -0.39 is 15.9 Å². The van der Waals surface area contributed by atoms with Crippen LogP contribution in [-0.4, -0.2) is 29.9 Å². The number of aromatic nitrogens is 2. The summed E-state index contributed by atoms with van der Waals surface area (Å²) in [5.41, 5.74) is 4.04. The molecule has 3 aromatic heterocycles. The Balaban J connectivity index is 1.39. The van der Waals surface area contributed by atoms with Crippen LogP contribution in [0.15, 0.2) is 79.7 Å². The maximum atomic E-state index is 12.6. The van der Waals surface area contributed by atoms with Crippen molar-refractivity contribution in [1.82, 2.24) is 19.5 Å². The van der Waals surface area contributed by atoms with E-state index in [1.165, 1.54) is 18.3 Å². The molecule has 0 unspecified atom stereocenters. The first kappa shape index (κ1) is 21.9. The van der Waals surface area contributed by atoms with Gasteiger partial charge in [-0.2, -0.15) is 5.10 Å². The fourth-order valence-electron chi connectivity index (χ4n) is 3.03. The maximum Gasteiger partial charge on any atom is 0.290 e. The van der Waals surface area contributed by atoms with E-state index in [0.29, 0.717) is 28.6 Å². The van der Waals surface area contributed by atoms with Gasteiger partial charge < -0.3 is 4.42 Å². The number of imidazole rings is 1. The zero-order chi connectivity index (χ0) is 22.7. The van der Waals surface area contributed by atoms with Crippen molar-refractivity contribution in [3.8, 4) is 0 Å². The van der Waals surface area contributed by atoms with Crippen LogP contribution in [0.25, 0.3) is 5.65 Å². The average molecular weight is 516 g/mol. The summed E-state index contributed by atoms with van der Waals surface area (Å²) in [7, 11) is -3.64. The van der Waals surface area contributed by atoms with Crippen molar-refractivity contribution >= 4 is 43.7 Å². The van der Waals surface area contributed by atoms with Gasteiger partial charge >= 0.3 is 0 Å². The SMILES string of the molecule is Cc1nc2ccc(Br)cn2c1C(=O)N/N=C/c1ccc(CNS(=O)(=O)c2ccccc2)o1. The van der Waals surface area contributed by atoms with Gasteiger partial charge in [0.25, 0.3) is 5.91 Å². The number of nitrogens with one attached hydrogen (secondary N) is 2. The molecule has 0 fully saturated rings. The predicted octanol–water partition coefficient (Wildman–Crippen LogP) is 3.24. The number of carbonyl (C=O) groups is 1. The van der Waals surface area contributed by atoms with Crippen LogP contribution < -0.4 is 10.1 Å². The normalized spacial score (nSPS) is 11.9. The van der Waals surface area contributed by atoms with E-state index in [1.807, 2.05) is 6.07 Å². The molecule has 164 valence electrons. The molecular formula is C21H18BrN5O4S. The third kappa shape index (κ3) is 4.79. The Hall–Kier alpha value is -3.28. The smallest absolute Gasteiger partial charge is 0.290 e. The molecule has 32 heavy (non-hydrogen) atoms. The molecule has 3 heterocycles. The van der Waals surface area contributed by atoms with Crippen molar-refractivity contribution in [2.24, 2.45) is 5.10 Å². The standard InChI is InChI=1S/C21H18BrN5O4S/c1-14-20(27-13-15(22)7-10-19(27)25-14)21(28)26-23-11-16-8-9-17(31-16)12-24-32(29,30)18-5-3-2-4-6-18/h2-11,13,24H,12H2,1H3,(H,26,28)/b23-11+. The van der Waals surface area contributed by atoms with Gasteiger partial charge in [0, 0.05) is 10.7 Å². The molecule has 0 aliphatic carbocycles. The van der Waals surface area contributed by atoms with Crippen molar-refractivity contribution in [2.75, 3.05) is 0 Å². The lowest BCUT2D eigenvalue weighted by Gasteiger charge is -2.04. The summed E-state index contributed by atoms with van der Waals surface area (Å²) in [5, 5.41) is 3.93. The van der Waals surface area contributed by atoms with Gasteiger partial charge in [-0.15, -0.1) is 0 Å². The Kier molecular flexibility index (Phi) is 6.21. The van der Waals surface area contributed by atoms with E-state index in [2.05, 4.69) is 36.2 Å². The molecule has 0 aliphatic heterocycles. The summed E-state index contributed by atoms with van der Waals surface area (Å²) >= 11 is 3.38. The maximum absolute atomic E-state index is 12.6. The van der Waals surface area contributed by atoms with Crippen molar-refractivity contribution in [1.29, 1.82) is 0 Å². The largest absolute Gasteiger partial charge is 0.459 e. The van der Waals surface area contributed by atoms with Gasteiger partial charge in [-0.1, -0.05) is 18.2 Å². The molecule has 0 radical (unpaired) electrons. The highest BCUT2D eigenvalue weighted by molar-refractivity contribution is 9.10. The Bertz CT molecular complexity index is 1410. The lowest BCUT2D eigenvalue weighted by atomic mass is 10.3. The molecule has 11 heteroatoms. The second kappa shape index (κ2) is 9.07. The first-order valence-corrected chi connectivity index (χ1v) is 11.7. The quantitative estimate of drug-likeness (QED) is 0.289. The molecule has 4 aromatic rings. The number of sulfonamides is 1. The number of nitrogens with zero attached hydrogens (tertiary/aromatic N) is 3. The van der Waals surface area contributed by atoms with Crippen LogP contribution in [-0.2, 0) is 16.6 Å². The van der Waals surface area contributed by atoms with Crippen molar-refractivity contribution < 1.29 is 17.6 Å². The molecule has 0 saturated heterocycles. The Labute approximate surface area is 192 Å². The van der Waals surface area contributed by atoms with Gasteiger partial charge in [-0.05, 0) is 59.3 Å². The molecule has 2 N–H and O–H groups in total. The summed E-state index contributed by atoms with van der Waals surface area (Å²) in [6, 6.07) is 15.0. The summed E-state index contributed by atoms with van der Waals surface area (Å²) < 4.78 is 35.1. The van der Waals surface area contributed by atoms with E-state index in [-0.39, 0.29) is 11.4 Å². The number of carbonyl (C=O) groups excluding carboxylic acids is 1. The van der Waals surface area contributed by atoms with E-state index in [9.17, 15) is 13.2 Å². The fraction of sp³-hybridized carbons (Fsp3) is 0.0952. The van der Waals surface area contributed by atoms with Gasteiger partial charge in [0.15, 0.2) is 0 Å². The molecule has 0 aliphatic rings. The van der Waals surface area contributed by atoms with Crippen molar-refractivity contribution in [3.05, 3.63) is 88.2 Å². The number of amides is 1. The Morgan fingerprint density at radius 1 is 1.19 bits per heavy atom. The molecule has 9 nitrogen and oxygen atoms in total. The second-order valence-electron chi connectivity index (χ2n) is 6.76. The number of aryl methyl sites for hydroxylation is 1. The molecule has 0 spiro atoms. The van der Waals surface area contributed by atoms with Crippen molar-refractivity contribution in [3.63, 3.8) is 0 Å². The van der Waals surface area contributed by atoms with Crippen molar-refractivity contribution in [2.45, 2.75) is 18.4 Å². The van der Waals surface area contributed by atoms with Crippen LogP contribution in [0.5, 0.6) is 0 Å². The zero-order valence-electron chi connectivity index (χ0n) is 16.8. The molecule has 1 aromatic carbocycles. The monoisotopic (exact) mass is 515 g/mol. The summed E-state index contributed by atoms with van der Waals surface area (Å²) in [4.78, 5) is 17.1. The first-order valence-electron chi connectivity index (χ1n) is 9.44. The molecular weight excluding hydrogens is 498 g/mol. The predicted molar refractivity (Wildman–Crippen MR) is 122 cm³/mol. The number of fused-ring (bicyclic) bond motifs is 1. The number of hydrogen-bond acceptors (Lipinski definition) is 6. The van der Waals surface area contributed by atoms with E-state index in [4.69, 9.17) is 4.42 Å². The molecule has 4 rings (SSSR count). The highest BCUT2D eigenvalue weighted by atomic mass is 79.9. The van der Waals surface area contributed by atoms with Gasteiger partial charge in [0.1, 0.15) is 22.9 Å². The molecule has 0 bridgehead atoms. The number of hydrazone groups is 1. The van der Waals surface area contributed by atoms with Crippen LogP contribution in [0.4, 0.5) is 0 Å². The van der Waals surface area contributed by atoms with Crippen LogP contribution in [0.2, 0.25) is 0 Å². The van der Waals surface area contributed by atoms with Gasteiger partial charge in [0.2, 0.25) is 10.0 Å². The number of halogens is 1. The molecule has 1 amide bonds. The highest BCUT2D eigenvalue weighted by Gasteiger charge is 2.17. The van der Waals surface area contributed by atoms with Crippen LogP contribution in [0, 0.1) is 6.92 Å². The third-order valence-corrected chi connectivity index (χ3v) is 6.39. The molecule has 0 saturated carbocycles. The average Bonchev–Trinajstić information content (AvgIpc) is 3.36. The summed E-state index contributed by atoms with van der Waals surface area (Å²) in [6.07, 6.45) is 3.09. The lowest BCUT2D eigenvalue weighted by molar-refractivity contribution is 0.0948. The fourth-order valence-corrected chi connectivity index (χ4v) is 4.38. The van der Waals surface area contributed by atoms with Crippen LogP contribution in [0.3, 0.4) is 0 Å². The van der Waals surface area contributed by atoms with E-state index >= 15 is 0 Å². The number of hydrogen-bond donors (Lipinski definition) is 2. The Morgan fingerprint density at radius 3 is 2.75 bits per heavy atom. The minimum atomic E-state index is -3.64. The van der Waals surface area contributed by atoms with Gasteiger partial charge in [-0.3, -0.25) is 9.20 Å².